The summed E-state index contributed by atoms with van der Waals surface area (Å²) in [5.41, 5.74) is 1.49. The molecule has 0 saturated carbocycles. The molecular formula is C12H11BrClN3O. The molecule has 0 aromatic carbocycles. The number of amides is 1. The van der Waals surface area contributed by atoms with Crippen molar-refractivity contribution in [1.29, 1.82) is 0 Å². The van der Waals surface area contributed by atoms with E-state index in [0.29, 0.717) is 16.5 Å². The van der Waals surface area contributed by atoms with Gasteiger partial charge in [0.25, 0.3) is 5.91 Å². The first-order valence-electron chi connectivity index (χ1n) is 5.22. The molecule has 0 spiro atoms. The van der Waals surface area contributed by atoms with Crippen LogP contribution in [0.3, 0.4) is 0 Å². The van der Waals surface area contributed by atoms with E-state index in [-0.39, 0.29) is 5.91 Å². The number of nitrogens with zero attached hydrogens (tertiary/aromatic N) is 2. The first-order chi connectivity index (χ1) is 8.47. The van der Waals surface area contributed by atoms with Crippen molar-refractivity contribution in [3.8, 4) is 0 Å². The molecule has 2 aromatic rings. The highest BCUT2D eigenvalue weighted by Crippen LogP contribution is 2.18. The molecule has 0 aliphatic carbocycles. The molecule has 2 rings (SSSR count). The molecule has 0 fully saturated rings. The molecular weight excluding hydrogens is 318 g/mol. The van der Waals surface area contributed by atoms with Crippen LogP contribution in [0.5, 0.6) is 0 Å². The molecule has 0 atom stereocenters. The zero-order valence-corrected chi connectivity index (χ0v) is 12.2. The van der Waals surface area contributed by atoms with Gasteiger partial charge in [-0.25, -0.2) is 4.98 Å². The van der Waals surface area contributed by atoms with Crippen molar-refractivity contribution in [2.24, 2.45) is 7.05 Å². The fourth-order valence-electron chi connectivity index (χ4n) is 1.54. The summed E-state index contributed by atoms with van der Waals surface area (Å²) in [7, 11) is 1.76. The number of hydrogen-bond acceptors (Lipinski definition) is 2. The van der Waals surface area contributed by atoms with Gasteiger partial charge in [0.2, 0.25) is 0 Å². The lowest BCUT2D eigenvalue weighted by Gasteiger charge is -2.06. The number of rotatable bonds is 2. The molecule has 1 N–H and O–H groups in total. The van der Waals surface area contributed by atoms with Crippen molar-refractivity contribution in [3.05, 3.63) is 45.3 Å². The Labute approximate surface area is 118 Å². The first-order valence-corrected chi connectivity index (χ1v) is 6.40. The average Bonchev–Trinajstić information content (AvgIpc) is 2.63. The van der Waals surface area contributed by atoms with Crippen molar-refractivity contribution in [2.45, 2.75) is 6.92 Å². The van der Waals surface area contributed by atoms with Gasteiger partial charge in [0.05, 0.1) is 5.02 Å². The van der Waals surface area contributed by atoms with Gasteiger partial charge in [0, 0.05) is 23.9 Å². The number of aromatic nitrogens is 2. The number of hydrogen-bond donors (Lipinski definition) is 1. The molecule has 18 heavy (non-hydrogen) atoms. The second-order valence-electron chi connectivity index (χ2n) is 3.93. The van der Waals surface area contributed by atoms with Gasteiger partial charge < -0.3 is 9.88 Å². The summed E-state index contributed by atoms with van der Waals surface area (Å²) >= 11 is 9.19. The fraction of sp³-hybridized carbons (Fsp3) is 0.167. The van der Waals surface area contributed by atoms with E-state index < -0.39 is 0 Å². The van der Waals surface area contributed by atoms with Crippen LogP contribution < -0.4 is 5.32 Å². The van der Waals surface area contributed by atoms with Crippen molar-refractivity contribution in [1.82, 2.24) is 9.55 Å². The lowest BCUT2D eigenvalue weighted by molar-refractivity contribution is 0.101. The van der Waals surface area contributed by atoms with Crippen LogP contribution in [-0.4, -0.2) is 15.5 Å². The number of carbonyl (C=O) groups is 1. The van der Waals surface area contributed by atoms with Crippen LogP contribution in [0, 0.1) is 6.92 Å². The lowest BCUT2D eigenvalue weighted by Crippen LogP contribution is -2.16. The third-order valence-electron chi connectivity index (χ3n) is 2.49. The van der Waals surface area contributed by atoms with E-state index in [0.717, 1.165) is 10.0 Å². The van der Waals surface area contributed by atoms with Crippen molar-refractivity contribution in [3.63, 3.8) is 0 Å². The minimum Gasteiger partial charge on any atom is -0.345 e. The largest absolute Gasteiger partial charge is 0.345 e. The number of carbonyl (C=O) groups excluding carboxylic acids is 1. The summed E-state index contributed by atoms with van der Waals surface area (Å²) in [5, 5.41) is 3.26. The second-order valence-corrected chi connectivity index (χ2v) is 5.22. The van der Waals surface area contributed by atoms with Gasteiger partial charge >= 0.3 is 0 Å². The Bertz CT molecular complexity index is 609. The van der Waals surface area contributed by atoms with Gasteiger partial charge in [0.1, 0.15) is 11.5 Å². The topological polar surface area (TPSA) is 46.9 Å². The van der Waals surface area contributed by atoms with E-state index in [1.54, 1.807) is 36.1 Å². The Morgan fingerprint density at radius 1 is 1.50 bits per heavy atom. The maximum Gasteiger partial charge on any atom is 0.273 e. The monoisotopic (exact) mass is 327 g/mol. The van der Waals surface area contributed by atoms with Gasteiger partial charge in [-0.3, -0.25) is 4.79 Å². The first kappa shape index (κ1) is 13.1. The Hall–Kier alpha value is -1.33. The minimum atomic E-state index is -0.237. The fourth-order valence-corrected chi connectivity index (χ4v) is 2.00. The average molecular weight is 329 g/mol. The molecule has 0 saturated heterocycles. The molecule has 0 aliphatic heterocycles. The molecule has 0 aliphatic rings. The second kappa shape index (κ2) is 5.12. The standard InChI is InChI=1S/C12H11BrClN3O/c1-7-3-11(15-5-9(7)13)16-12(18)10-4-8(14)6-17(10)2/h3-6H,1-2H3,(H,15,16,18). The summed E-state index contributed by atoms with van der Waals surface area (Å²) in [6.45, 7) is 1.93. The van der Waals surface area contributed by atoms with Gasteiger partial charge in [-0.1, -0.05) is 11.6 Å². The van der Waals surface area contributed by atoms with Crippen molar-refractivity contribution in [2.75, 3.05) is 5.32 Å². The van der Waals surface area contributed by atoms with E-state index in [1.165, 1.54) is 0 Å². The minimum absolute atomic E-state index is 0.237. The maximum absolute atomic E-state index is 12.0. The molecule has 2 aromatic heterocycles. The number of anilines is 1. The summed E-state index contributed by atoms with van der Waals surface area (Å²) in [6, 6.07) is 3.41. The highest BCUT2D eigenvalue weighted by atomic mass is 79.9. The predicted molar refractivity (Wildman–Crippen MR) is 75.1 cm³/mol. The van der Waals surface area contributed by atoms with Crippen molar-refractivity contribution < 1.29 is 4.79 Å². The van der Waals surface area contributed by atoms with E-state index >= 15 is 0 Å². The van der Waals surface area contributed by atoms with Gasteiger partial charge in [-0.05, 0) is 40.5 Å². The van der Waals surface area contributed by atoms with E-state index in [9.17, 15) is 4.79 Å². The lowest BCUT2D eigenvalue weighted by atomic mass is 10.3. The molecule has 0 bridgehead atoms. The van der Waals surface area contributed by atoms with Gasteiger partial charge in [0.15, 0.2) is 0 Å². The number of aryl methyl sites for hydroxylation is 2. The molecule has 6 heteroatoms. The third-order valence-corrected chi connectivity index (χ3v) is 3.53. The molecule has 1 amide bonds. The molecule has 2 heterocycles. The normalized spacial score (nSPS) is 10.4. The van der Waals surface area contributed by atoms with Crippen LogP contribution in [0.1, 0.15) is 16.1 Å². The number of pyridine rings is 1. The van der Waals surface area contributed by atoms with Crippen LogP contribution in [-0.2, 0) is 7.05 Å². The predicted octanol–water partition coefficient (Wildman–Crippen LogP) is 3.40. The highest BCUT2D eigenvalue weighted by molar-refractivity contribution is 9.10. The van der Waals surface area contributed by atoms with Gasteiger partial charge in [-0.15, -0.1) is 0 Å². The third kappa shape index (κ3) is 2.73. The number of nitrogens with one attached hydrogen (secondary N) is 1. The SMILES string of the molecule is Cc1cc(NC(=O)c2cc(Cl)cn2C)ncc1Br. The van der Waals surface area contributed by atoms with Crippen LogP contribution >= 0.6 is 27.5 Å². The Kier molecular flexibility index (Phi) is 3.73. The van der Waals surface area contributed by atoms with Crippen LogP contribution in [0.25, 0.3) is 0 Å². The van der Waals surface area contributed by atoms with Crippen LogP contribution in [0.4, 0.5) is 5.82 Å². The quantitative estimate of drug-likeness (QED) is 0.918. The molecule has 0 radical (unpaired) electrons. The van der Waals surface area contributed by atoms with E-state index in [1.807, 2.05) is 6.92 Å². The zero-order valence-electron chi connectivity index (χ0n) is 9.87. The smallest absolute Gasteiger partial charge is 0.273 e. The molecule has 4 nitrogen and oxygen atoms in total. The maximum atomic E-state index is 12.0. The van der Waals surface area contributed by atoms with Gasteiger partial charge in [-0.2, -0.15) is 0 Å². The Balaban J connectivity index is 2.21. The molecule has 0 unspecified atom stereocenters. The molecule has 94 valence electrons. The Morgan fingerprint density at radius 3 is 2.78 bits per heavy atom. The summed E-state index contributed by atoms with van der Waals surface area (Å²) in [4.78, 5) is 16.1. The Morgan fingerprint density at radius 2 is 2.22 bits per heavy atom. The van der Waals surface area contributed by atoms with E-state index in [4.69, 9.17) is 11.6 Å². The van der Waals surface area contributed by atoms with Crippen LogP contribution in [0.2, 0.25) is 5.02 Å². The zero-order chi connectivity index (χ0) is 13.3. The van der Waals surface area contributed by atoms with Crippen LogP contribution in [0.15, 0.2) is 29.0 Å². The van der Waals surface area contributed by atoms with E-state index in [2.05, 4.69) is 26.2 Å². The number of halogens is 2. The van der Waals surface area contributed by atoms with Crippen molar-refractivity contribution >= 4 is 39.3 Å². The highest BCUT2D eigenvalue weighted by Gasteiger charge is 2.12. The summed E-state index contributed by atoms with van der Waals surface area (Å²) in [6.07, 6.45) is 3.33. The summed E-state index contributed by atoms with van der Waals surface area (Å²) in [5.74, 6) is 0.275. The summed E-state index contributed by atoms with van der Waals surface area (Å²) < 4.78 is 2.58.